The van der Waals surface area contributed by atoms with E-state index in [2.05, 4.69) is 157 Å². The number of methoxy groups -OCH3 is 1. The number of aromatic nitrogens is 1. The van der Waals surface area contributed by atoms with E-state index in [0.717, 1.165) is 12.4 Å². The molecule has 3 heteroatoms. The first-order valence-corrected chi connectivity index (χ1v) is 13.6. The summed E-state index contributed by atoms with van der Waals surface area (Å²) in [6, 6.07) is 55.9. The third-order valence-electron chi connectivity index (χ3n) is 7.62. The van der Waals surface area contributed by atoms with Gasteiger partial charge in [0.2, 0.25) is 5.52 Å². The van der Waals surface area contributed by atoms with Gasteiger partial charge in [-0.2, -0.15) is 26.4 Å². The molecular formula is C36H34BNO. The number of fused-ring (bicyclic) bond motifs is 1. The monoisotopic (exact) mass is 507 g/mol. The molecule has 39 heavy (non-hydrogen) atoms. The lowest BCUT2D eigenvalue weighted by Crippen LogP contribution is -2.74. The van der Waals surface area contributed by atoms with Crippen LogP contribution >= 0.6 is 0 Å². The van der Waals surface area contributed by atoms with E-state index in [1.807, 2.05) is 12.1 Å². The molecule has 0 aliphatic carbocycles. The Morgan fingerprint density at radius 1 is 0.487 bits per heavy atom. The lowest BCUT2D eigenvalue weighted by Gasteiger charge is -2.44. The minimum absolute atomic E-state index is 0.909. The van der Waals surface area contributed by atoms with Crippen LogP contribution in [0.3, 0.4) is 0 Å². The molecule has 0 amide bonds. The van der Waals surface area contributed by atoms with Gasteiger partial charge in [0.15, 0.2) is 0 Å². The molecule has 192 valence electrons. The van der Waals surface area contributed by atoms with Gasteiger partial charge in [-0.05, 0) is 19.1 Å². The Labute approximate surface area is 232 Å². The highest BCUT2D eigenvalue weighted by atomic mass is 16.5. The summed E-state index contributed by atoms with van der Waals surface area (Å²) in [5.74, 6) is 0.909. The highest BCUT2D eigenvalue weighted by Gasteiger charge is 2.31. The van der Waals surface area contributed by atoms with Crippen LogP contribution in [-0.2, 0) is 6.54 Å². The van der Waals surface area contributed by atoms with Crippen LogP contribution in [0.4, 0.5) is 0 Å². The fourth-order valence-electron chi connectivity index (χ4n) is 5.87. The molecule has 0 saturated carbocycles. The van der Waals surface area contributed by atoms with Crippen LogP contribution in [0, 0.1) is 0 Å². The number of hydrogen-bond donors (Lipinski definition) is 0. The summed E-state index contributed by atoms with van der Waals surface area (Å²) in [7, 11) is 1.70. The van der Waals surface area contributed by atoms with Gasteiger partial charge in [-0.25, -0.2) is 0 Å². The van der Waals surface area contributed by atoms with Gasteiger partial charge < -0.3 is 4.74 Å². The Kier molecular flexibility index (Phi) is 8.19. The number of para-hydroxylation sites is 1. The van der Waals surface area contributed by atoms with Crippen LogP contribution < -0.4 is 31.2 Å². The second-order valence-corrected chi connectivity index (χ2v) is 9.69. The quantitative estimate of drug-likeness (QED) is 0.223. The van der Waals surface area contributed by atoms with Gasteiger partial charge >= 0.3 is 5.88 Å². The van der Waals surface area contributed by atoms with E-state index >= 15 is 0 Å². The number of aryl methyl sites for hydroxylation is 1. The van der Waals surface area contributed by atoms with Crippen molar-refractivity contribution in [3.05, 3.63) is 158 Å². The Morgan fingerprint density at radius 2 is 0.872 bits per heavy atom. The first-order chi connectivity index (χ1) is 19.3. The van der Waals surface area contributed by atoms with E-state index < -0.39 is 6.15 Å². The van der Waals surface area contributed by atoms with Crippen molar-refractivity contribution < 1.29 is 9.30 Å². The fraction of sp³-hybridized carbons (Fsp3) is 0.0833. The topological polar surface area (TPSA) is 13.1 Å². The normalized spacial score (nSPS) is 10.9. The standard InChI is InChI=1S/C24H20B.C12H14NO/c1-5-13-21(14-6-1)25(22-15-7-2-8-16-22,23-17-9-3-10-18-23)24-19-11-4-12-20-24;1-3-13-11-7-5-4-6-10(11)8-9-12(13)14-2/h1-20H;4-9H,3H2,1-2H3/q-1;+1. The molecule has 0 aliphatic rings. The summed E-state index contributed by atoms with van der Waals surface area (Å²) >= 11 is 0. The summed E-state index contributed by atoms with van der Waals surface area (Å²) in [4.78, 5) is 0. The van der Waals surface area contributed by atoms with Crippen molar-refractivity contribution >= 4 is 38.9 Å². The largest absolute Gasteiger partial charge is 0.448 e. The molecule has 1 heterocycles. The number of ether oxygens (including phenoxy) is 1. The van der Waals surface area contributed by atoms with Crippen molar-refractivity contribution in [2.24, 2.45) is 0 Å². The number of rotatable bonds is 6. The summed E-state index contributed by atoms with van der Waals surface area (Å²) in [5, 5.41) is 1.25. The predicted octanol–water partition coefficient (Wildman–Crippen LogP) is 5.22. The molecule has 6 rings (SSSR count). The Hall–Kier alpha value is -4.63. The molecule has 6 aromatic rings. The Balaban J connectivity index is 0.000000186. The highest BCUT2D eigenvalue weighted by Crippen LogP contribution is 2.14. The molecular weight excluding hydrogens is 473 g/mol. The summed E-state index contributed by atoms with van der Waals surface area (Å²) in [6.07, 6.45) is -1.22. The first kappa shape index (κ1) is 26.0. The first-order valence-electron chi connectivity index (χ1n) is 13.6. The Bertz CT molecular complexity index is 1440. The van der Waals surface area contributed by atoms with Crippen LogP contribution in [0.25, 0.3) is 10.9 Å². The zero-order chi connectivity index (χ0) is 26.9. The molecule has 2 nitrogen and oxygen atoms in total. The van der Waals surface area contributed by atoms with Gasteiger partial charge in [-0.3, -0.25) is 0 Å². The zero-order valence-electron chi connectivity index (χ0n) is 22.7. The minimum Gasteiger partial charge on any atom is -0.448 e. The van der Waals surface area contributed by atoms with E-state index in [1.54, 1.807) is 7.11 Å². The van der Waals surface area contributed by atoms with E-state index in [-0.39, 0.29) is 0 Å². The van der Waals surface area contributed by atoms with E-state index in [9.17, 15) is 0 Å². The van der Waals surface area contributed by atoms with Crippen molar-refractivity contribution in [2.45, 2.75) is 13.5 Å². The molecule has 0 radical (unpaired) electrons. The van der Waals surface area contributed by atoms with Crippen molar-refractivity contribution in [1.29, 1.82) is 0 Å². The number of pyridine rings is 1. The van der Waals surface area contributed by atoms with Crippen LogP contribution in [0.1, 0.15) is 6.92 Å². The molecule has 0 aliphatic heterocycles. The average Bonchev–Trinajstić information content (AvgIpc) is 3.03. The van der Waals surface area contributed by atoms with Crippen molar-refractivity contribution in [2.75, 3.05) is 7.11 Å². The van der Waals surface area contributed by atoms with Gasteiger partial charge in [-0.1, -0.05) is 133 Å². The van der Waals surface area contributed by atoms with E-state index in [1.165, 1.54) is 32.8 Å². The second kappa shape index (κ2) is 12.3. The average molecular weight is 507 g/mol. The van der Waals surface area contributed by atoms with Gasteiger partial charge in [-0.15, -0.1) is 0 Å². The molecule has 5 aromatic carbocycles. The maximum atomic E-state index is 5.31. The molecule has 1 aromatic heterocycles. The molecule has 0 bridgehead atoms. The van der Waals surface area contributed by atoms with Gasteiger partial charge in [0.05, 0.1) is 13.2 Å². The zero-order valence-corrected chi connectivity index (χ0v) is 22.7. The molecule has 0 atom stereocenters. The number of hydrogen-bond acceptors (Lipinski definition) is 1. The molecule has 0 unspecified atom stereocenters. The number of nitrogens with zero attached hydrogens (tertiary/aromatic N) is 1. The van der Waals surface area contributed by atoms with Gasteiger partial charge in [0, 0.05) is 11.5 Å². The second-order valence-electron chi connectivity index (χ2n) is 9.69. The van der Waals surface area contributed by atoms with Crippen LogP contribution in [0.15, 0.2) is 158 Å². The maximum Gasteiger partial charge on any atom is 0.368 e. The lowest BCUT2D eigenvalue weighted by atomic mass is 9.13. The van der Waals surface area contributed by atoms with Crippen molar-refractivity contribution in [3.63, 3.8) is 0 Å². The molecule has 0 saturated heterocycles. The minimum atomic E-state index is -1.22. The lowest BCUT2D eigenvalue weighted by molar-refractivity contribution is -0.672. The van der Waals surface area contributed by atoms with E-state index in [4.69, 9.17) is 4.74 Å². The number of benzene rings is 5. The summed E-state index contributed by atoms with van der Waals surface area (Å²) < 4.78 is 7.47. The summed E-state index contributed by atoms with van der Waals surface area (Å²) in [5.41, 5.74) is 6.57. The highest BCUT2D eigenvalue weighted by molar-refractivity contribution is 7.19. The van der Waals surface area contributed by atoms with Crippen LogP contribution in [0.5, 0.6) is 5.88 Å². The Morgan fingerprint density at radius 3 is 1.26 bits per heavy atom. The molecule has 0 fully saturated rings. The molecule has 0 N–H and O–H groups in total. The third kappa shape index (κ3) is 5.21. The SMILES string of the molecule is CC[n+]1c(OC)ccc2ccccc21.c1ccc([B-](c2ccccc2)(c2ccccc2)c2ccccc2)cc1. The van der Waals surface area contributed by atoms with Crippen molar-refractivity contribution in [3.8, 4) is 5.88 Å². The third-order valence-corrected chi connectivity index (χ3v) is 7.62. The smallest absolute Gasteiger partial charge is 0.368 e. The van der Waals surface area contributed by atoms with Crippen molar-refractivity contribution in [1.82, 2.24) is 0 Å². The van der Waals surface area contributed by atoms with Crippen LogP contribution in [0.2, 0.25) is 0 Å². The van der Waals surface area contributed by atoms with Gasteiger partial charge in [0.1, 0.15) is 12.7 Å². The van der Waals surface area contributed by atoms with Gasteiger partial charge in [0.25, 0.3) is 0 Å². The maximum absolute atomic E-state index is 5.31. The van der Waals surface area contributed by atoms with Crippen LogP contribution in [-0.4, -0.2) is 13.3 Å². The molecule has 0 spiro atoms. The predicted molar refractivity (Wildman–Crippen MR) is 166 cm³/mol. The van der Waals surface area contributed by atoms with E-state index in [0.29, 0.717) is 0 Å². The summed E-state index contributed by atoms with van der Waals surface area (Å²) in [6.45, 7) is 3.04. The fourth-order valence-corrected chi connectivity index (χ4v) is 5.87.